The highest BCUT2D eigenvalue weighted by atomic mass is 32.2. The molecule has 3 rings (SSSR count). The molecular formula is C16H11N3O4S. The number of hydrogen-bond acceptors (Lipinski definition) is 6. The van der Waals surface area contributed by atoms with Gasteiger partial charge in [-0.3, -0.25) is 20.2 Å². The molecule has 2 N–H and O–H groups in total. The van der Waals surface area contributed by atoms with E-state index in [9.17, 15) is 20.2 Å². The van der Waals surface area contributed by atoms with Gasteiger partial charge in [0.2, 0.25) is 0 Å². The summed E-state index contributed by atoms with van der Waals surface area (Å²) in [4.78, 5) is 21.8. The number of rotatable bonds is 4. The highest BCUT2D eigenvalue weighted by Crippen LogP contribution is 2.42. The van der Waals surface area contributed by atoms with E-state index in [-0.39, 0.29) is 11.4 Å². The molecule has 0 bridgehead atoms. The van der Waals surface area contributed by atoms with Crippen LogP contribution >= 0.6 is 11.8 Å². The first-order chi connectivity index (χ1) is 11.5. The van der Waals surface area contributed by atoms with Gasteiger partial charge in [-0.15, -0.1) is 0 Å². The standard InChI is InChI=1S/C16H11N3O4S/c17-13-7-5-10-3-1-2-4-12(10)16(13)24-15-8-6-11(18(20)21)9-14(15)19(22)23/h1-9H,17H2. The molecule has 24 heavy (non-hydrogen) atoms. The van der Waals surface area contributed by atoms with Crippen LogP contribution in [0.5, 0.6) is 0 Å². The maximum atomic E-state index is 11.3. The van der Waals surface area contributed by atoms with Crippen molar-refractivity contribution in [1.82, 2.24) is 0 Å². The minimum Gasteiger partial charge on any atom is -0.398 e. The molecule has 0 aliphatic rings. The van der Waals surface area contributed by atoms with Gasteiger partial charge in [0, 0.05) is 16.6 Å². The lowest BCUT2D eigenvalue weighted by Gasteiger charge is -2.10. The highest BCUT2D eigenvalue weighted by molar-refractivity contribution is 7.99. The molecule has 0 unspecified atom stereocenters. The van der Waals surface area contributed by atoms with Crippen LogP contribution in [0.4, 0.5) is 17.1 Å². The van der Waals surface area contributed by atoms with Crippen LogP contribution in [0.3, 0.4) is 0 Å². The molecule has 120 valence electrons. The molecule has 0 atom stereocenters. The summed E-state index contributed by atoms with van der Waals surface area (Å²) in [6, 6.07) is 14.7. The molecule has 0 amide bonds. The first-order valence-electron chi connectivity index (χ1n) is 6.85. The van der Waals surface area contributed by atoms with E-state index >= 15 is 0 Å². The van der Waals surface area contributed by atoms with E-state index < -0.39 is 9.85 Å². The van der Waals surface area contributed by atoms with Crippen molar-refractivity contribution in [3.05, 3.63) is 74.8 Å². The summed E-state index contributed by atoms with van der Waals surface area (Å²) in [6.45, 7) is 0. The minimum absolute atomic E-state index is 0.300. The van der Waals surface area contributed by atoms with Crippen molar-refractivity contribution in [2.24, 2.45) is 0 Å². The Morgan fingerprint density at radius 1 is 0.917 bits per heavy atom. The molecule has 7 nitrogen and oxygen atoms in total. The molecule has 3 aromatic carbocycles. The quantitative estimate of drug-likeness (QED) is 0.428. The van der Waals surface area contributed by atoms with Crippen LogP contribution < -0.4 is 5.73 Å². The Bertz CT molecular complexity index is 975. The smallest absolute Gasteiger partial charge is 0.290 e. The number of benzene rings is 3. The average molecular weight is 341 g/mol. The summed E-state index contributed by atoms with van der Waals surface area (Å²) in [5.74, 6) is 0. The van der Waals surface area contributed by atoms with Crippen LogP contribution in [0.2, 0.25) is 0 Å². The summed E-state index contributed by atoms with van der Waals surface area (Å²) in [5.41, 5.74) is 5.89. The number of nitrogens with zero attached hydrogens (tertiary/aromatic N) is 2. The van der Waals surface area contributed by atoms with Gasteiger partial charge in [-0.2, -0.15) is 0 Å². The van der Waals surface area contributed by atoms with E-state index in [0.29, 0.717) is 15.5 Å². The zero-order chi connectivity index (χ0) is 17.3. The fraction of sp³-hybridized carbons (Fsp3) is 0. The molecule has 0 aliphatic heterocycles. The van der Waals surface area contributed by atoms with Crippen molar-refractivity contribution < 1.29 is 9.85 Å². The maximum Gasteiger partial charge on any atom is 0.290 e. The van der Waals surface area contributed by atoms with Gasteiger partial charge < -0.3 is 5.73 Å². The number of nitro benzene ring substituents is 2. The second kappa shape index (κ2) is 6.17. The molecule has 0 radical (unpaired) electrons. The van der Waals surface area contributed by atoms with E-state index in [1.807, 2.05) is 30.3 Å². The third-order valence-corrected chi connectivity index (χ3v) is 4.70. The van der Waals surface area contributed by atoms with Crippen molar-refractivity contribution in [1.29, 1.82) is 0 Å². The third kappa shape index (κ3) is 2.86. The topological polar surface area (TPSA) is 112 Å². The fourth-order valence-corrected chi connectivity index (χ4v) is 3.41. The molecule has 0 saturated carbocycles. The molecule has 0 spiro atoms. The average Bonchev–Trinajstić information content (AvgIpc) is 2.57. The minimum atomic E-state index is -0.659. The van der Waals surface area contributed by atoms with Crippen LogP contribution in [0.15, 0.2) is 64.4 Å². The lowest BCUT2D eigenvalue weighted by molar-refractivity contribution is -0.396. The number of anilines is 1. The largest absolute Gasteiger partial charge is 0.398 e. The van der Waals surface area contributed by atoms with Gasteiger partial charge in [0.15, 0.2) is 0 Å². The Morgan fingerprint density at radius 2 is 1.67 bits per heavy atom. The number of nitrogens with two attached hydrogens (primary N) is 1. The summed E-state index contributed by atoms with van der Waals surface area (Å²) < 4.78 is 0. The van der Waals surface area contributed by atoms with Crippen molar-refractivity contribution in [3.8, 4) is 0 Å². The number of nitrogen functional groups attached to an aromatic ring is 1. The molecule has 0 fully saturated rings. The van der Waals surface area contributed by atoms with Gasteiger partial charge in [-0.05, 0) is 22.9 Å². The van der Waals surface area contributed by atoms with Crippen LogP contribution in [0.25, 0.3) is 10.8 Å². The SMILES string of the molecule is Nc1ccc2ccccc2c1Sc1ccc([N+](=O)[O-])cc1[N+](=O)[O-]. The van der Waals surface area contributed by atoms with Gasteiger partial charge >= 0.3 is 0 Å². The van der Waals surface area contributed by atoms with Crippen molar-refractivity contribution in [2.75, 3.05) is 5.73 Å². The third-order valence-electron chi connectivity index (χ3n) is 3.47. The van der Waals surface area contributed by atoms with Crippen molar-refractivity contribution in [2.45, 2.75) is 9.79 Å². The van der Waals surface area contributed by atoms with E-state index in [1.54, 1.807) is 6.07 Å². The van der Waals surface area contributed by atoms with Gasteiger partial charge in [0.1, 0.15) is 0 Å². The molecule has 0 saturated heterocycles. The second-order valence-corrected chi connectivity index (χ2v) is 6.03. The predicted octanol–water partition coefficient (Wildman–Crippen LogP) is 4.39. The molecule has 3 aromatic rings. The summed E-state index contributed by atoms with van der Waals surface area (Å²) >= 11 is 1.13. The summed E-state index contributed by atoms with van der Waals surface area (Å²) in [6.07, 6.45) is 0. The zero-order valence-corrected chi connectivity index (χ0v) is 13.0. The van der Waals surface area contributed by atoms with Crippen molar-refractivity contribution >= 4 is 39.6 Å². The Labute approximate surface area is 140 Å². The maximum absolute atomic E-state index is 11.3. The lowest BCUT2D eigenvalue weighted by atomic mass is 10.1. The van der Waals surface area contributed by atoms with Gasteiger partial charge in [0.05, 0.1) is 20.8 Å². The van der Waals surface area contributed by atoms with E-state index in [1.165, 1.54) is 12.1 Å². The normalized spacial score (nSPS) is 10.7. The van der Waals surface area contributed by atoms with Crippen LogP contribution in [0.1, 0.15) is 0 Å². The zero-order valence-electron chi connectivity index (χ0n) is 12.2. The van der Waals surface area contributed by atoms with Gasteiger partial charge in [-0.1, -0.05) is 42.1 Å². The molecule has 0 aliphatic carbocycles. The Morgan fingerprint density at radius 3 is 2.38 bits per heavy atom. The number of hydrogen-bond donors (Lipinski definition) is 1. The monoisotopic (exact) mass is 341 g/mol. The van der Waals surface area contributed by atoms with Crippen LogP contribution in [0, 0.1) is 20.2 Å². The molecule has 8 heteroatoms. The Hall–Kier alpha value is -3.13. The van der Waals surface area contributed by atoms with Crippen LogP contribution in [-0.2, 0) is 0 Å². The molecule has 0 aromatic heterocycles. The summed E-state index contributed by atoms with van der Waals surface area (Å²) in [7, 11) is 0. The van der Waals surface area contributed by atoms with E-state index in [4.69, 9.17) is 5.73 Å². The fourth-order valence-electron chi connectivity index (χ4n) is 2.33. The molecule has 0 heterocycles. The van der Waals surface area contributed by atoms with E-state index in [0.717, 1.165) is 28.6 Å². The van der Waals surface area contributed by atoms with E-state index in [2.05, 4.69) is 0 Å². The second-order valence-electron chi connectivity index (χ2n) is 4.97. The number of nitro groups is 2. The predicted molar refractivity (Wildman–Crippen MR) is 92.2 cm³/mol. The highest BCUT2D eigenvalue weighted by Gasteiger charge is 2.21. The Balaban J connectivity index is 2.14. The van der Waals surface area contributed by atoms with Crippen molar-refractivity contribution in [3.63, 3.8) is 0 Å². The first kappa shape index (κ1) is 15.8. The lowest BCUT2D eigenvalue weighted by Crippen LogP contribution is -1.95. The van der Waals surface area contributed by atoms with Gasteiger partial charge in [-0.25, -0.2) is 0 Å². The number of non-ortho nitro benzene ring substituents is 1. The molecular weight excluding hydrogens is 330 g/mol. The van der Waals surface area contributed by atoms with Gasteiger partial charge in [0.25, 0.3) is 11.4 Å². The first-order valence-corrected chi connectivity index (χ1v) is 7.67. The van der Waals surface area contributed by atoms with Crippen LogP contribution in [-0.4, -0.2) is 9.85 Å². The summed E-state index contributed by atoms with van der Waals surface area (Å²) in [5, 5.41) is 23.9. The Kier molecular flexibility index (Phi) is 4.05. The number of fused-ring (bicyclic) bond motifs is 1.